The van der Waals surface area contributed by atoms with Crippen LogP contribution in [0.15, 0.2) is 47.2 Å². The van der Waals surface area contributed by atoms with Gasteiger partial charge < -0.3 is 5.32 Å². The van der Waals surface area contributed by atoms with E-state index in [4.69, 9.17) is 0 Å². The molecule has 0 bridgehead atoms. The second-order valence-electron chi connectivity index (χ2n) is 4.04. The second kappa shape index (κ2) is 6.07. The normalized spacial score (nSPS) is 12.4. The molecular formula is C14H14BrFN2. The van der Waals surface area contributed by atoms with Gasteiger partial charge in [0.15, 0.2) is 0 Å². The second-order valence-corrected chi connectivity index (χ2v) is 4.90. The van der Waals surface area contributed by atoms with Crippen molar-refractivity contribution >= 4 is 15.9 Å². The highest BCUT2D eigenvalue weighted by Gasteiger charge is 2.16. The number of nitrogens with one attached hydrogen (secondary N) is 1. The summed E-state index contributed by atoms with van der Waals surface area (Å²) in [6, 6.07) is 9.20. The van der Waals surface area contributed by atoms with Gasteiger partial charge in [-0.3, -0.25) is 4.98 Å². The molecule has 0 aliphatic heterocycles. The first-order valence-electron chi connectivity index (χ1n) is 5.72. The van der Waals surface area contributed by atoms with Gasteiger partial charge in [0.1, 0.15) is 5.82 Å². The van der Waals surface area contributed by atoms with Crippen LogP contribution in [0.5, 0.6) is 0 Å². The molecule has 1 aromatic heterocycles. The van der Waals surface area contributed by atoms with Crippen molar-refractivity contribution in [3.63, 3.8) is 0 Å². The molecule has 1 atom stereocenters. The van der Waals surface area contributed by atoms with Gasteiger partial charge in [-0.05, 0) is 53.2 Å². The number of halogens is 2. The number of pyridine rings is 1. The first-order chi connectivity index (χ1) is 8.72. The molecule has 2 nitrogen and oxygen atoms in total. The Morgan fingerprint density at radius 3 is 2.67 bits per heavy atom. The molecular weight excluding hydrogens is 295 g/mol. The molecule has 1 unspecified atom stereocenters. The van der Waals surface area contributed by atoms with Crippen molar-refractivity contribution in [1.82, 2.24) is 10.3 Å². The minimum Gasteiger partial charge on any atom is -0.313 e. The zero-order valence-corrected chi connectivity index (χ0v) is 11.6. The van der Waals surface area contributed by atoms with Gasteiger partial charge in [0.25, 0.3) is 0 Å². The van der Waals surface area contributed by atoms with Crippen molar-refractivity contribution in [1.29, 1.82) is 0 Å². The molecule has 2 aromatic rings. The Labute approximate surface area is 114 Å². The Bertz CT molecular complexity index is 516. The highest BCUT2D eigenvalue weighted by atomic mass is 79.9. The van der Waals surface area contributed by atoms with Gasteiger partial charge in [0.05, 0.1) is 4.47 Å². The summed E-state index contributed by atoms with van der Waals surface area (Å²) in [5, 5.41) is 3.15. The zero-order chi connectivity index (χ0) is 13.0. The fourth-order valence-electron chi connectivity index (χ4n) is 1.91. The quantitative estimate of drug-likeness (QED) is 0.935. The molecule has 0 aliphatic carbocycles. The molecule has 18 heavy (non-hydrogen) atoms. The van der Waals surface area contributed by atoms with Crippen LogP contribution in [0.4, 0.5) is 4.39 Å². The summed E-state index contributed by atoms with van der Waals surface area (Å²) < 4.78 is 14.5. The molecule has 2 rings (SSSR count). The maximum Gasteiger partial charge on any atom is 0.142 e. The van der Waals surface area contributed by atoms with Crippen LogP contribution in [0, 0.1) is 5.82 Å². The number of hydrogen-bond acceptors (Lipinski definition) is 2. The van der Waals surface area contributed by atoms with Crippen LogP contribution < -0.4 is 5.32 Å². The number of aromatic nitrogens is 1. The molecule has 0 spiro atoms. The fraction of sp³-hybridized carbons (Fsp3) is 0.214. The first kappa shape index (κ1) is 13.2. The third-order valence-electron chi connectivity index (χ3n) is 2.89. The number of hydrogen-bond donors (Lipinski definition) is 1. The van der Waals surface area contributed by atoms with Gasteiger partial charge >= 0.3 is 0 Å². The fourth-order valence-corrected chi connectivity index (χ4v) is 2.29. The highest BCUT2D eigenvalue weighted by Crippen LogP contribution is 2.25. The molecule has 4 heteroatoms. The SMILES string of the molecule is CNC(Cc1ccncc1)c1cccc(Br)c1F. The van der Waals surface area contributed by atoms with Crippen molar-refractivity contribution < 1.29 is 4.39 Å². The maximum absolute atomic E-state index is 14.0. The summed E-state index contributed by atoms with van der Waals surface area (Å²) in [6.45, 7) is 0. The number of likely N-dealkylation sites (N-methyl/N-ethyl adjacent to an activating group) is 1. The Hall–Kier alpha value is -1.26. The summed E-state index contributed by atoms with van der Waals surface area (Å²) in [5.41, 5.74) is 1.80. The zero-order valence-electron chi connectivity index (χ0n) is 10.0. The summed E-state index contributed by atoms with van der Waals surface area (Å²) in [4.78, 5) is 3.98. The Balaban J connectivity index is 2.26. The van der Waals surface area contributed by atoms with Crippen molar-refractivity contribution in [3.8, 4) is 0 Å². The van der Waals surface area contributed by atoms with Gasteiger partial charge in [0.2, 0.25) is 0 Å². The van der Waals surface area contributed by atoms with E-state index in [9.17, 15) is 4.39 Å². The van der Waals surface area contributed by atoms with E-state index in [1.165, 1.54) is 0 Å². The van der Waals surface area contributed by atoms with Crippen molar-refractivity contribution in [2.24, 2.45) is 0 Å². The van der Waals surface area contributed by atoms with E-state index in [1.54, 1.807) is 18.5 Å². The van der Waals surface area contributed by atoms with Crippen molar-refractivity contribution in [2.45, 2.75) is 12.5 Å². The lowest BCUT2D eigenvalue weighted by Crippen LogP contribution is -2.20. The van der Waals surface area contributed by atoms with Crippen LogP contribution in [0.3, 0.4) is 0 Å². The molecule has 0 saturated carbocycles. The molecule has 1 N–H and O–H groups in total. The summed E-state index contributed by atoms with van der Waals surface area (Å²) in [6.07, 6.45) is 4.23. The molecule has 0 amide bonds. The third-order valence-corrected chi connectivity index (χ3v) is 3.51. The monoisotopic (exact) mass is 308 g/mol. The molecule has 94 valence electrons. The van der Waals surface area contributed by atoms with Gasteiger partial charge in [-0.1, -0.05) is 12.1 Å². The molecule has 0 fully saturated rings. The lowest BCUT2D eigenvalue weighted by Gasteiger charge is -2.18. The van der Waals surface area contributed by atoms with E-state index >= 15 is 0 Å². The number of nitrogens with zero attached hydrogens (tertiary/aromatic N) is 1. The van der Waals surface area contributed by atoms with Gasteiger partial charge in [-0.25, -0.2) is 4.39 Å². The standard InChI is InChI=1S/C14H14BrFN2/c1-17-13(9-10-5-7-18-8-6-10)11-3-2-4-12(15)14(11)16/h2-8,13,17H,9H2,1H3. The molecule has 0 radical (unpaired) electrons. The Morgan fingerprint density at radius 2 is 2.00 bits per heavy atom. The van der Waals surface area contributed by atoms with Gasteiger partial charge in [0, 0.05) is 24.0 Å². The highest BCUT2D eigenvalue weighted by molar-refractivity contribution is 9.10. The van der Waals surface area contributed by atoms with Gasteiger partial charge in [-0.2, -0.15) is 0 Å². The Kier molecular flexibility index (Phi) is 4.44. The predicted octanol–water partition coefficient (Wildman–Crippen LogP) is 3.49. The molecule has 1 heterocycles. The van der Waals surface area contributed by atoms with Crippen LogP contribution >= 0.6 is 15.9 Å². The lowest BCUT2D eigenvalue weighted by molar-refractivity contribution is 0.530. The topological polar surface area (TPSA) is 24.9 Å². The smallest absolute Gasteiger partial charge is 0.142 e. The summed E-state index contributed by atoms with van der Waals surface area (Å²) in [7, 11) is 1.84. The van der Waals surface area contributed by atoms with E-state index < -0.39 is 0 Å². The van der Waals surface area contributed by atoms with Crippen LogP contribution in [0.2, 0.25) is 0 Å². The van der Waals surface area contributed by atoms with E-state index in [1.807, 2.05) is 31.3 Å². The first-order valence-corrected chi connectivity index (χ1v) is 6.51. The number of benzene rings is 1. The van der Waals surface area contributed by atoms with E-state index in [0.717, 1.165) is 12.0 Å². The van der Waals surface area contributed by atoms with Crippen LogP contribution in [-0.2, 0) is 6.42 Å². The minimum absolute atomic E-state index is 0.0510. The summed E-state index contributed by atoms with van der Waals surface area (Å²) in [5.74, 6) is -0.203. The van der Waals surface area contributed by atoms with E-state index in [2.05, 4.69) is 26.2 Å². The largest absolute Gasteiger partial charge is 0.313 e. The number of rotatable bonds is 4. The van der Waals surface area contributed by atoms with Crippen molar-refractivity contribution in [3.05, 3.63) is 64.1 Å². The minimum atomic E-state index is -0.203. The van der Waals surface area contributed by atoms with Crippen LogP contribution in [-0.4, -0.2) is 12.0 Å². The lowest BCUT2D eigenvalue weighted by atomic mass is 9.99. The van der Waals surface area contributed by atoms with Crippen LogP contribution in [0.1, 0.15) is 17.2 Å². The van der Waals surface area contributed by atoms with E-state index in [-0.39, 0.29) is 11.9 Å². The molecule has 0 saturated heterocycles. The average Bonchev–Trinajstić information content (AvgIpc) is 2.41. The molecule has 0 aliphatic rings. The predicted molar refractivity (Wildman–Crippen MR) is 73.8 cm³/mol. The molecule has 1 aromatic carbocycles. The average molecular weight is 309 g/mol. The third kappa shape index (κ3) is 2.94. The van der Waals surface area contributed by atoms with E-state index in [0.29, 0.717) is 10.0 Å². The van der Waals surface area contributed by atoms with Crippen molar-refractivity contribution in [2.75, 3.05) is 7.05 Å². The Morgan fingerprint density at radius 1 is 1.28 bits per heavy atom. The van der Waals surface area contributed by atoms with Gasteiger partial charge in [-0.15, -0.1) is 0 Å². The van der Waals surface area contributed by atoms with Crippen LogP contribution in [0.25, 0.3) is 0 Å². The summed E-state index contributed by atoms with van der Waals surface area (Å²) >= 11 is 3.22. The maximum atomic E-state index is 14.0.